The topological polar surface area (TPSA) is 42.2 Å². The van der Waals surface area contributed by atoms with Crippen LogP contribution in [0.15, 0.2) is 52.4 Å². The molecule has 5 heteroatoms. The van der Waals surface area contributed by atoms with E-state index in [0.29, 0.717) is 18.3 Å². The third kappa shape index (κ3) is 2.66. The Kier molecular flexibility index (Phi) is 3.29. The largest absolute Gasteiger partial charge is 0.365 e. The molecular weight excluding hydrogens is 258 g/mol. The van der Waals surface area contributed by atoms with Crippen LogP contribution in [0.1, 0.15) is 5.89 Å². The van der Waals surface area contributed by atoms with Gasteiger partial charge in [0.2, 0.25) is 11.7 Å². The fourth-order valence-corrected chi connectivity index (χ4v) is 2.45. The molecule has 0 aliphatic carbocycles. The number of benzene rings is 1. The molecule has 3 rings (SSSR count). The van der Waals surface area contributed by atoms with E-state index in [-0.39, 0.29) is 0 Å². The lowest BCUT2D eigenvalue weighted by molar-refractivity contribution is 0.378. The molecule has 0 bridgehead atoms. The molecule has 19 heavy (non-hydrogen) atoms. The lowest BCUT2D eigenvalue weighted by Crippen LogP contribution is -2.16. The molecule has 3 aromatic rings. The van der Waals surface area contributed by atoms with Crippen LogP contribution in [0.25, 0.3) is 10.7 Å². The van der Waals surface area contributed by atoms with Crippen LogP contribution in [-0.4, -0.2) is 17.2 Å². The fourth-order valence-electron chi connectivity index (χ4n) is 1.80. The van der Waals surface area contributed by atoms with Crippen molar-refractivity contribution in [1.29, 1.82) is 0 Å². The third-order valence-corrected chi connectivity index (χ3v) is 3.64. The molecular formula is C14H13N3OS. The average Bonchev–Trinajstić information content (AvgIpc) is 3.10. The zero-order valence-corrected chi connectivity index (χ0v) is 11.3. The van der Waals surface area contributed by atoms with Gasteiger partial charge < -0.3 is 9.42 Å². The first-order valence-electron chi connectivity index (χ1n) is 5.95. The molecule has 0 saturated carbocycles. The van der Waals surface area contributed by atoms with Crippen molar-refractivity contribution in [3.8, 4) is 10.7 Å². The maximum Gasteiger partial charge on any atom is 0.246 e. The number of hydrogen-bond donors (Lipinski definition) is 0. The minimum atomic E-state index is 0.600. The predicted octanol–water partition coefficient (Wildman–Crippen LogP) is 3.43. The molecule has 0 aliphatic heterocycles. The molecule has 1 aromatic carbocycles. The molecule has 0 radical (unpaired) electrons. The van der Waals surface area contributed by atoms with E-state index in [1.165, 1.54) is 0 Å². The maximum absolute atomic E-state index is 5.28. The van der Waals surface area contributed by atoms with Gasteiger partial charge >= 0.3 is 0 Å². The van der Waals surface area contributed by atoms with Gasteiger partial charge in [0.05, 0.1) is 11.4 Å². The summed E-state index contributed by atoms with van der Waals surface area (Å²) in [5, 5.41) is 6.00. The molecule has 0 spiro atoms. The lowest BCUT2D eigenvalue weighted by atomic mass is 10.3. The van der Waals surface area contributed by atoms with Crippen LogP contribution in [0.4, 0.5) is 5.69 Å². The first-order chi connectivity index (χ1) is 9.33. The van der Waals surface area contributed by atoms with Crippen molar-refractivity contribution in [2.75, 3.05) is 11.9 Å². The monoisotopic (exact) mass is 271 g/mol. The Hall–Kier alpha value is -2.14. The second kappa shape index (κ2) is 5.24. The summed E-state index contributed by atoms with van der Waals surface area (Å²) in [6.45, 7) is 0.600. The van der Waals surface area contributed by atoms with E-state index in [0.717, 1.165) is 10.6 Å². The molecule has 2 heterocycles. The Bertz CT molecular complexity index is 634. The van der Waals surface area contributed by atoms with Crippen LogP contribution in [0.5, 0.6) is 0 Å². The van der Waals surface area contributed by atoms with Gasteiger partial charge in [0.1, 0.15) is 0 Å². The van der Waals surface area contributed by atoms with Gasteiger partial charge in [-0.2, -0.15) is 4.98 Å². The van der Waals surface area contributed by atoms with Gasteiger partial charge in [-0.3, -0.25) is 0 Å². The molecule has 96 valence electrons. The summed E-state index contributed by atoms with van der Waals surface area (Å²) in [5.74, 6) is 1.28. The summed E-state index contributed by atoms with van der Waals surface area (Å²) >= 11 is 1.61. The summed E-state index contributed by atoms with van der Waals surface area (Å²) in [4.78, 5) is 7.51. The first-order valence-corrected chi connectivity index (χ1v) is 6.83. The highest BCUT2D eigenvalue weighted by atomic mass is 32.1. The van der Waals surface area contributed by atoms with Crippen LogP contribution < -0.4 is 4.90 Å². The quantitative estimate of drug-likeness (QED) is 0.729. The molecule has 0 N–H and O–H groups in total. The van der Waals surface area contributed by atoms with Crippen LogP contribution >= 0.6 is 11.3 Å². The van der Waals surface area contributed by atoms with Crippen LogP contribution in [-0.2, 0) is 6.54 Å². The van der Waals surface area contributed by atoms with Crippen molar-refractivity contribution in [2.24, 2.45) is 0 Å². The summed E-state index contributed by atoms with van der Waals surface area (Å²) in [5.41, 5.74) is 1.12. The molecule has 4 nitrogen and oxygen atoms in total. The number of anilines is 1. The second-order valence-corrected chi connectivity index (χ2v) is 5.13. The highest BCUT2D eigenvalue weighted by Crippen LogP contribution is 2.22. The highest BCUT2D eigenvalue weighted by Gasteiger charge is 2.11. The van der Waals surface area contributed by atoms with E-state index in [1.807, 2.05) is 42.8 Å². The van der Waals surface area contributed by atoms with Crippen LogP contribution in [0.3, 0.4) is 0 Å². The standard InChI is InChI=1S/C14H13N3OS/c1-17(11-6-3-2-4-7-11)10-13-15-14(16-18-13)12-8-5-9-19-12/h2-9H,10H2,1H3. The maximum atomic E-state index is 5.28. The summed E-state index contributed by atoms with van der Waals surface area (Å²) in [6, 6.07) is 14.1. The van der Waals surface area contributed by atoms with Crippen molar-refractivity contribution < 1.29 is 4.52 Å². The molecule has 0 fully saturated rings. The third-order valence-electron chi connectivity index (χ3n) is 2.78. The van der Waals surface area contributed by atoms with E-state index in [4.69, 9.17) is 4.52 Å². The number of rotatable bonds is 4. The van der Waals surface area contributed by atoms with Crippen molar-refractivity contribution in [3.63, 3.8) is 0 Å². The number of para-hydroxylation sites is 1. The van der Waals surface area contributed by atoms with Gasteiger partial charge in [0.25, 0.3) is 0 Å². The Balaban J connectivity index is 1.74. The molecule has 0 aliphatic rings. The minimum Gasteiger partial charge on any atom is -0.365 e. The van der Waals surface area contributed by atoms with Crippen molar-refractivity contribution in [3.05, 3.63) is 53.7 Å². The van der Waals surface area contributed by atoms with Gasteiger partial charge in [0.15, 0.2) is 0 Å². The molecule has 0 unspecified atom stereocenters. The van der Waals surface area contributed by atoms with E-state index < -0.39 is 0 Å². The predicted molar refractivity (Wildman–Crippen MR) is 76.2 cm³/mol. The van der Waals surface area contributed by atoms with Crippen molar-refractivity contribution in [2.45, 2.75) is 6.54 Å². The van der Waals surface area contributed by atoms with Crippen molar-refractivity contribution >= 4 is 17.0 Å². The Labute approximate surface area is 115 Å². The van der Waals surface area contributed by atoms with Crippen LogP contribution in [0.2, 0.25) is 0 Å². The van der Waals surface area contributed by atoms with Crippen LogP contribution in [0, 0.1) is 0 Å². The fraction of sp³-hybridized carbons (Fsp3) is 0.143. The van der Waals surface area contributed by atoms with Gasteiger partial charge in [-0.1, -0.05) is 29.4 Å². The van der Waals surface area contributed by atoms with E-state index in [2.05, 4.69) is 27.2 Å². The van der Waals surface area contributed by atoms with E-state index in [9.17, 15) is 0 Å². The molecule has 0 atom stereocenters. The van der Waals surface area contributed by atoms with E-state index >= 15 is 0 Å². The van der Waals surface area contributed by atoms with Gasteiger partial charge in [-0.05, 0) is 23.6 Å². The molecule has 0 saturated heterocycles. The zero-order valence-electron chi connectivity index (χ0n) is 10.5. The zero-order chi connectivity index (χ0) is 13.1. The first kappa shape index (κ1) is 11.9. The SMILES string of the molecule is CN(Cc1nc(-c2cccs2)no1)c1ccccc1. The summed E-state index contributed by atoms with van der Waals surface area (Å²) in [6.07, 6.45) is 0. The lowest BCUT2D eigenvalue weighted by Gasteiger charge is -2.16. The van der Waals surface area contributed by atoms with Gasteiger partial charge in [0, 0.05) is 12.7 Å². The van der Waals surface area contributed by atoms with Gasteiger partial charge in [-0.25, -0.2) is 0 Å². The number of nitrogens with zero attached hydrogens (tertiary/aromatic N) is 3. The van der Waals surface area contributed by atoms with Crippen molar-refractivity contribution in [1.82, 2.24) is 10.1 Å². The number of thiophene rings is 1. The second-order valence-electron chi connectivity index (χ2n) is 4.18. The Morgan fingerprint density at radius 1 is 1.16 bits per heavy atom. The smallest absolute Gasteiger partial charge is 0.246 e. The summed E-state index contributed by atoms with van der Waals surface area (Å²) < 4.78 is 5.28. The Morgan fingerprint density at radius 2 is 2.00 bits per heavy atom. The molecule has 0 amide bonds. The normalized spacial score (nSPS) is 10.6. The van der Waals surface area contributed by atoms with Gasteiger partial charge in [-0.15, -0.1) is 11.3 Å². The Morgan fingerprint density at radius 3 is 2.74 bits per heavy atom. The molecule has 2 aromatic heterocycles. The average molecular weight is 271 g/mol. The van der Waals surface area contributed by atoms with E-state index in [1.54, 1.807) is 11.3 Å². The highest BCUT2D eigenvalue weighted by molar-refractivity contribution is 7.13. The number of aromatic nitrogens is 2. The summed E-state index contributed by atoms with van der Waals surface area (Å²) in [7, 11) is 2.00. The number of hydrogen-bond acceptors (Lipinski definition) is 5. The minimum absolute atomic E-state index is 0.600.